The lowest BCUT2D eigenvalue weighted by atomic mass is 10.3. The Hall–Kier alpha value is -0.740. The van der Waals surface area contributed by atoms with Gasteiger partial charge in [-0.25, -0.2) is 0 Å². The first-order valence-electron chi connectivity index (χ1n) is 3.62. The summed E-state index contributed by atoms with van der Waals surface area (Å²) in [5, 5.41) is 0. The number of hydrogen-bond donors (Lipinski definition) is 2. The zero-order valence-electron chi connectivity index (χ0n) is 6.59. The monoisotopic (exact) mass is 230 g/mol. The fourth-order valence-electron chi connectivity index (χ4n) is 0.820. The second kappa shape index (κ2) is 4.33. The lowest BCUT2D eigenvalue weighted by Crippen LogP contribution is -2.11. The lowest BCUT2D eigenvalue weighted by molar-refractivity contribution is 0.330. The summed E-state index contributed by atoms with van der Waals surface area (Å²) in [6, 6.07) is 5.49. The maximum atomic E-state index is 5.67. The van der Waals surface area contributed by atoms with Crippen LogP contribution in [0.25, 0.3) is 0 Å². The Morgan fingerprint density at radius 1 is 1.42 bits per heavy atom. The Morgan fingerprint density at radius 2 is 2.17 bits per heavy atom. The molecule has 66 valence electrons. The van der Waals surface area contributed by atoms with Crippen molar-refractivity contribution in [2.45, 2.75) is 0 Å². The molecule has 0 fully saturated rings. The fourth-order valence-corrected chi connectivity index (χ4v) is 1.20. The Bertz CT molecular complexity index is 265. The van der Waals surface area contributed by atoms with Crippen molar-refractivity contribution in [3.63, 3.8) is 0 Å². The third-order valence-corrected chi connectivity index (χ3v) is 1.84. The first-order chi connectivity index (χ1) is 5.74. The van der Waals surface area contributed by atoms with Gasteiger partial charge in [-0.15, -0.1) is 0 Å². The third-order valence-electron chi connectivity index (χ3n) is 1.35. The van der Waals surface area contributed by atoms with Crippen LogP contribution in [0.4, 0.5) is 5.69 Å². The molecular formula is C8H11BrN2O. The molecule has 1 rings (SSSR count). The van der Waals surface area contributed by atoms with Gasteiger partial charge in [0.05, 0.1) is 5.69 Å². The minimum atomic E-state index is 0.492. The molecule has 0 saturated heterocycles. The van der Waals surface area contributed by atoms with Crippen molar-refractivity contribution in [1.82, 2.24) is 0 Å². The summed E-state index contributed by atoms with van der Waals surface area (Å²) in [5.74, 6) is 0.684. The van der Waals surface area contributed by atoms with E-state index in [2.05, 4.69) is 15.9 Å². The number of nitrogen functional groups attached to an aromatic ring is 1. The van der Waals surface area contributed by atoms with E-state index in [-0.39, 0.29) is 0 Å². The molecule has 0 saturated carbocycles. The number of halogens is 1. The number of ether oxygens (including phenoxy) is 1. The first-order valence-corrected chi connectivity index (χ1v) is 4.41. The molecule has 0 atom stereocenters. The van der Waals surface area contributed by atoms with Crippen LogP contribution in [0.3, 0.4) is 0 Å². The SMILES string of the molecule is NCCOc1ccc(Br)cc1N. The minimum Gasteiger partial charge on any atom is -0.490 e. The first kappa shape index (κ1) is 9.35. The topological polar surface area (TPSA) is 61.3 Å². The molecule has 12 heavy (non-hydrogen) atoms. The molecule has 1 aromatic carbocycles. The van der Waals surface area contributed by atoms with Gasteiger partial charge in [0, 0.05) is 11.0 Å². The average Bonchev–Trinajstić information content (AvgIpc) is 2.03. The number of benzene rings is 1. The van der Waals surface area contributed by atoms with E-state index in [1.165, 1.54) is 0 Å². The molecule has 4 heteroatoms. The molecule has 0 amide bonds. The molecule has 0 aromatic heterocycles. The van der Waals surface area contributed by atoms with Crippen LogP contribution in [0.5, 0.6) is 5.75 Å². The van der Waals surface area contributed by atoms with Gasteiger partial charge in [-0.3, -0.25) is 0 Å². The van der Waals surface area contributed by atoms with E-state index in [0.717, 1.165) is 4.47 Å². The lowest BCUT2D eigenvalue weighted by Gasteiger charge is -2.07. The molecule has 0 unspecified atom stereocenters. The summed E-state index contributed by atoms with van der Waals surface area (Å²) in [7, 11) is 0. The van der Waals surface area contributed by atoms with Crippen LogP contribution in [-0.2, 0) is 0 Å². The molecule has 1 aromatic rings. The average molecular weight is 231 g/mol. The molecule has 0 heterocycles. The maximum absolute atomic E-state index is 5.67. The highest BCUT2D eigenvalue weighted by Crippen LogP contribution is 2.24. The number of nitrogens with two attached hydrogens (primary N) is 2. The van der Waals surface area contributed by atoms with Crippen LogP contribution >= 0.6 is 15.9 Å². The molecule has 0 spiro atoms. The standard InChI is InChI=1S/C8H11BrN2O/c9-6-1-2-8(7(11)5-6)12-4-3-10/h1-2,5H,3-4,10-11H2. The quantitative estimate of drug-likeness (QED) is 0.772. The van der Waals surface area contributed by atoms with E-state index >= 15 is 0 Å². The molecule has 4 N–H and O–H groups in total. The Morgan fingerprint density at radius 3 is 2.75 bits per heavy atom. The van der Waals surface area contributed by atoms with E-state index in [4.69, 9.17) is 16.2 Å². The summed E-state index contributed by atoms with van der Waals surface area (Å²) in [6.07, 6.45) is 0. The number of hydrogen-bond acceptors (Lipinski definition) is 3. The van der Waals surface area contributed by atoms with Crippen molar-refractivity contribution < 1.29 is 4.74 Å². The second-order valence-corrected chi connectivity index (χ2v) is 3.23. The fraction of sp³-hybridized carbons (Fsp3) is 0.250. The zero-order chi connectivity index (χ0) is 8.97. The smallest absolute Gasteiger partial charge is 0.142 e. The van der Waals surface area contributed by atoms with Crippen molar-refractivity contribution in [1.29, 1.82) is 0 Å². The van der Waals surface area contributed by atoms with Gasteiger partial charge < -0.3 is 16.2 Å². The van der Waals surface area contributed by atoms with E-state index < -0.39 is 0 Å². The summed E-state index contributed by atoms with van der Waals surface area (Å²) in [4.78, 5) is 0. The molecule has 3 nitrogen and oxygen atoms in total. The Labute approximate surface area is 79.8 Å². The minimum absolute atomic E-state index is 0.492. The summed E-state index contributed by atoms with van der Waals surface area (Å²) in [5.41, 5.74) is 11.6. The van der Waals surface area contributed by atoms with Gasteiger partial charge in [-0.2, -0.15) is 0 Å². The van der Waals surface area contributed by atoms with E-state index in [0.29, 0.717) is 24.6 Å². The number of rotatable bonds is 3. The van der Waals surface area contributed by atoms with E-state index in [1.54, 1.807) is 6.07 Å². The predicted molar refractivity (Wildman–Crippen MR) is 53.1 cm³/mol. The van der Waals surface area contributed by atoms with Crippen LogP contribution in [0, 0.1) is 0 Å². The maximum Gasteiger partial charge on any atom is 0.142 e. The Balaban J connectivity index is 2.72. The zero-order valence-corrected chi connectivity index (χ0v) is 8.17. The van der Waals surface area contributed by atoms with Crippen molar-refractivity contribution in [3.8, 4) is 5.75 Å². The highest BCUT2D eigenvalue weighted by molar-refractivity contribution is 9.10. The summed E-state index contributed by atoms with van der Waals surface area (Å²) >= 11 is 3.30. The van der Waals surface area contributed by atoms with Crippen LogP contribution in [-0.4, -0.2) is 13.2 Å². The van der Waals surface area contributed by atoms with Gasteiger partial charge in [0.15, 0.2) is 0 Å². The van der Waals surface area contributed by atoms with Crippen molar-refractivity contribution in [2.75, 3.05) is 18.9 Å². The van der Waals surface area contributed by atoms with Crippen LogP contribution in [0.15, 0.2) is 22.7 Å². The molecule has 0 aliphatic carbocycles. The molecule has 0 radical (unpaired) electrons. The summed E-state index contributed by atoms with van der Waals surface area (Å²) < 4.78 is 6.21. The van der Waals surface area contributed by atoms with Gasteiger partial charge in [-0.1, -0.05) is 15.9 Å². The van der Waals surface area contributed by atoms with Crippen molar-refractivity contribution in [3.05, 3.63) is 22.7 Å². The normalized spacial score (nSPS) is 9.83. The summed E-state index contributed by atoms with van der Waals surface area (Å²) in [6.45, 7) is 0.987. The van der Waals surface area contributed by atoms with Crippen molar-refractivity contribution in [2.24, 2.45) is 5.73 Å². The van der Waals surface area contributed by atoms with Gasteiger partial charge in [0.1, 0.15) is 12.4 Å². The van der Waals surface area contributed by atoms with Crippen LogP contribution < -0.4 is 16.2 Å². The molecular weight excluding hydrogens is 220 g/mol. The number of anilines is 1. The molecule has 0 aliphatic rings. The van der Waals surface area contributed by atoms with Gasteiger partial charge in [0.2, 0.25) is 0 Å². The van der Waals surface area contributed by atoms with Gasteiger partial charge in [-0.05, 0) is 18.2 Å². The van der Waals surface area contributed by atoms with Gasteiger partial charge in [0.25, 0.3) is 0 Å². The second-order valence-electron chi connectivity index (χ2n) is 2.32. The van der Waals surface area contributed by atoms with Crippen LogP contribution in [0.1, 0.15) is 0 Å². The van der Waals surface area contributed by atoms with Crippen LogP contribution in [0.2, 0.25) is 0 Å². The predicted octanol–water partition coefficient (Wildman–Crippen LogP) is 1.37. The highest BCUT2D eigenvalue weighted by Gasteiger charge is 1.99. The molecule has 0 aliphatic heterocycles. The van der Waals surface area contributed by atoms with Gasteiger partial charge >= 0.3 is 0 Å². The van der Waals surface area contributed by atoms with E-state index in [1.807, 2.05) is 12.1 Å². The third kappa shape index (κ3) is 2.39. The Kier molecular flexibility index (Phi) is 3.37. The highest BCUT2D eigenvalue weighted by atomic mass is 79.9. The molecule has 0 bridgehead atoms. The van der Waals surface area contributed by atoms with E-state index in [9.17, 15) is 0 Å². The largest absolute Gasteiger partial charge is 0.490 e. The van der Waals surface area contributed by atoms with Crippen molar-refractivity contribution >= 4 is 21.6 Å².